The van der Waals surface area contributed by atoms with E-state index in [9.17, 15) is 19.2 Å². The molecule has 4 N–H and O–H groups in total. The van der Waals surface area contributed by atoms with Crippen molar-refractivity contribution in [2.24, 2.45) is 11.7 Å². The number of nitrogens with one attached hydrogen (secondary N) is 2. The second-order valence-electron chi connectivity index (χ2n) is 5.39. The SMILES string of the molecule is CC(C)C(OC(=O)CNC(=O)COc1ccccc1)C(=O)NC(N)=O. The van der Waals surface area contributed by atoms with E-state index in [-0.39, 0.29) is 12.5 Å². The van der Waals surface area contributed by atoms with E-state index >= 15 is 0 Å². The summed E-state index contributed by atoms with van der Waals surface area (Å²) >= 11 is 0. The Morgan fingerprint density at radius 2 is 1.76 bits per heavy atom. The highest BCUT2D eigenvalue weighted by Crippen LogP contribution is 2.08. The van der Waals surface area contributed by atoms with Gasteiger partial charge in [0.05, 0.1) is 0 Å². The molecule has 1 atom stereocenters. The van der Waals surface area contributed by atoms with Gasteiger partial charge in [-0.15, -0.1) is 0 Å². The average Bonchev–Trinajstić information content (AvgIpc) is 2.55. The minimum atomic E-state index is -1.20. The number of primary amides is 1. The van der Waals surface area contributed by atoms with Crippen molar-refractivity contribution in [1.29, 1.82) is 0 Å². The third kappa shape index (κ3) is 7.82. The average molecular weight is 351 g/mol. The number of carbonyl (C=O) groups is 4. The van der Waals surface area contributed by atoms with Crippen LogP contribution in [0.4, 0.5) is 4.79 Å². The van der Waals surface area contributed by atoms with Crippen LogP contribution in [0, 0.1) is 5.92 Å². The van der Waals surface area contributed by atoms with Crippen LogP contribution in [0.5, 0.6) is 5.75 Å². The summed E-state index contributed by atoms with van der Waals surface area (Å²) in [6.45, 7) is 2.55. The lowest BCUT2D eigenvalue weighted by molar-refractivity contribution is -0.157. The van der Waals surface area contributed by atoms with Crippen molar-refractivity contribution >= 4 is 23.8 Å². The molecule has 0 saturated heterocycles. The van der Waals surface area contributed by atoms with E-state index in [0.717, 1.165) is 0 Å². The molecule has 0 aliphatic heterocycles. The van der Waals surface area contributed by atoms with Crippen LogP contribution < -0.4 is 21.1 Å². The summed E-state index contributed by atoms with van der Waals surface area (Å²) in [5, 5.41) is 4.16. The van der Waals surface area contributed by atoms with Gasteiger partial charge in [-0.3, -0.25) is 19.7 Å². The Bertz CT molecular complexity index is 618. The highest BCUT2D eigenvalue weighted by molar-refractivity contribution is 5.97. The zero-order valence-corrected chi connectivity index (χ0v) is 14.0. The number of hydrogen-bond acceptors (Lipinski definition) is 6. The molecule has 1 aromatic rings. The lowest BCUT2D eigenvalue weighted by Gasteiger charge is -2.19. The van der Waals surface area contributed by atoms with Gasteiger partial charge in [0.25, 0.3) is 11.8 Å². The molecular formula is C16H21N3O6. The van der Waals surface area contributed by atoms with Crippen molar-refractivity contribution in [2.45, 2.75) is 20.0 Å². The zero-order valence-electron chi connectivity index (χ0n) is 14.0. The Hall–Kier alpha value is -3.10. The molecule has 0 aliphatic rings. The minimum Gasteiger partial charge on any atom is -0.484 e. The van der Waals surface area contributed by atoms with Gasteiger partial charge in [0.15, 0.2) is 12.7 Å². The largest absolute Gasteiger partial charge is 0.484 e. The molecule has 0 bridgehead atoms. The number of amides is 4. The molecule has 9 heteroatoms. The van der Waals surface area contributed by atoms with Crippen LogP contribution in [0.25, 0.3) is 0 Å². The van der Waals surface area contributed by atoms with Crippen LogP contribution in [0.1, 0.15) is 13.8 Å². The van der Waals surface area contributed by atoms with E-state index in [1.807, 2.05) is 11.4 Å². The maximum Gasteiger partial charge on any atom is 0.326 e. The molecule has 1 rings (SSSR count). The topological polar surface area (TPSA) is 137 Å². The van der Waals surface area contributed by atoms with Gasteiger partial charge in [-0.25, -0.2) is 4.79 Å². The van der Waals surface area contributed by atoms with Crippen molar-refractivity contribution < 1.29 is 28.7 Å². The van der Waals surface area contributed by atoms with Crippen molar-refractivity contribution in [3.05, 3.63) is 30.3 Å². The van der Waals surface area contributed by atoms with Gasteiger partial charge in [-0.1, -0.05) is 32.0 Å². The highest BCUT2D eigenvalue weighted by Gasteiger charge is 2.27. The summed E-state index contributed by atoms with van der Waals surface area (Å²) in [5.74, 6) is -2.05. The van der Waals surface area contributed by atoms with Crippen LogP contribution in [-0.4, -0.2) is 43.1 Å². The van der Waals surface area contributed by atoms with E-state index in [0.29, 0.717) is 5.75 Å². The molecular weight excluding hydrogens is 330 g/mol. The van der Waals surface area contributed by atoms with Crippen LogP contribution in [0.2, 0.25) is 0 Å². The Balaban J connectivity index is 2.40. The molecule has 0 aliphatic carbocycles. The summed E-state index contributed by atoms with van der Waals surface area (Å²) in [6.07, 6.45) is -1.20. The lowest BCUT2D eigenvalue weighted by atomic mass is 10.1. The van der Waals surface area contributed by atoms with Gasteiger partial charge < -0.3 is 20.5 Å². The number of urea groups is 1. The van der Waals surface area contributed by atoms with Crippen molar-refractivity contribution in [2.75, 3.05) is 13.2 Å². The van der Waals surface area contributed by atoms with E-state index in [2.05, 4.69) is 5.32 Å². The molecule has 0 spiro atoms. The summed E-state index contributed by atoms with van der Waals surface area (Å²) in [5.41, 5.74) is 4.86. The lowest BCUT2D eigenvalue weighted by Crippen LogP contribution is -2.46. The van der Waals surface area contributed by atoms with Gasteiger partial charge in [0.2, 0.25) is 0 Å². The number of esters is 1. The molecule has 0 saturated carbocycles. The number of benzene rings is 1. The fourth-order valence-electron chi connectivity index (χ4n) is 1.76. The predicted molar refractivity (Wildman–Crippen MR) is 87.4 cm³/mol. The maximum absolute atomic E-state index is 11.8. The predicted octanol–water partition coefficient (Wildman–Crippen LogP) is -0.0557. The molecule has 0 aromatic heterocycles. The number of imide groups is 1. The van der Waals surface area contributed by atoms with Crippen molar-refractivity contribution in [1.82, 2.24) is 10.6 Å². The van der Waals surface area contributed by atoms with Gasteiger partial charge in [0.1, 0.15) is 12.3 Å². The number of carbonyl (C=O) groups excluding carboxylic acids is 4. The van der Waals surface area contributed by atoms with Gasteiger partial charge in [-0.05, 0) is 18.1 Å². The fourth-order valence-corrected chi connectivity index (χ4v) is 1.76. The highest BCUT2D eigenvalue weighted by atomic mass is 16.5. The van der Waals surface area contributed by atoms with Gasteiger partial charge in [-0.2, -0.15) is 0 Å². The first kappa shape index (κ1) is 19.9. The Morgan fingerprint density at radius 3 is 2.32 bits per heavy atom. The third-order valence-corrected chi connectivity index (χ3v) is 2.91. The smallest absolute Gasteiger partial charge is 0.326 e. The first-order valence-electron chi connectivity index (χ1n) is 7.54. The molecule has 136 valence electrons. The van der Waals surface area contributed by atoms with E-state index in [4.69, 9.17) is 15.2 Å². The van der Waals surface area contributed by atoms with Crippen molar-refractivity contribution in [3.63, 3.8) is 0 Å². The molecule has 0 heterocycles. The molecule has 25 heavy (non-hydrogen) atoms. The summed E-state index contributed by atoms with van der Waals surface area (Å²) in [7, 11) is 0. The second kappa shape index (κ2) is 9.91. The molecule has 4 amide bonds. The monoisotopic (exact) mass is 351 g/mol. The normalized spacial score (nSPS) is 11.3. The molecule has 9 nitrogen and oxygen atoms in total. The Morgan fingerprint density at radius 1 is 1.12 bits per heavy atom. The quantitative estimate of drug-likeness (QED) is 0.561. The van der Waals surface area contributed by atoms with E-state index in [1.165, 1.54) is 0 Å². The Labute approximate surface area is 144 Å². The number of hydrogen-bond donors (Lipinski definition) is 3. The standard InChI is InChI=1S/C16H21N3O6/c1-10(2)14(15(22)19-16(17)23)25-13(21)8-18-12(20)9-24-11-6-4-3-5-7-11/h3-7,10,14H,8-9H2,1-2H3,(H,18,20)(H3,17,19,22,23). The molecule has 1 aromatic carbocycles. The minimum absolute atomic E-state index is 0.271. The fraction of sp³-hybridized carbons (Fsp3) is 0.375. The van der Waals surface area contributed by atoms with Gasteiger partial charge >= 0.3 is 12.0 Å². The van der Waals surface area contributed by atoms with Gasteiger partial charge in [0, 0.05) is 0 Å². The van der Waals surface area contributed by atoms with Crippen LogP contribution in [0.3, 0.4) is 0 Å². The van der Waals surface area contributed by atoms with Crippen molar-refractivity contribution in [3.8, 4) is 5.75 Å². The number of para-hydroxylation sites is 1. The van der Waals surface area contributed by atoms with E-state index < -0.39 is 36.5 Å². The third-order valence-electron chi connectivity index (χ3n) is 2.91. The summed E-state index contributed by atoms with van der Waals surface area (Å²) in [6, 6.07) is 7.65. The number of ether oxygens (including phenoxy) is 2. The first-order chi connectivity index (χ1) is 11.8. The van der Waals surface area contributed by atoms with Crippen LogP contribution in [0.15, 0.2) is 30.3 Å². The maximum atomic E-state index is 11.8. The Kier molecular flexibility index (Phi) is 7.91. The first-order valence-corrected chi connectivity index (χ1v) is 7.54. The number of nitrogens with two attached hydrogens (primary N) is 1. The van der Waals surface area contributed by atoms with Crippen LogP contribution in [-0.2, 0) is 19.1 Å². The molecule has 0 radical (unpaired) electrons. The zero-order chi connectivity index (χ0) is 18.8. The summed E-state index contributed by atoms with van der Waals surface area (Å²) < 4.78 is 10.2. The number of rotatable bonds is 8. The molecule has 1 unspecified atom stereocenters. The summed E-state index contributed by atoms with van der Waals surface area (Å²) in [4.78, 5) is 45.8. The molecule has 0 fully saturated rings. The second-order valence-corrected chi connectivity index (χ2v) is 5.39. The van der Waals surface area contributed by atoms with Crippen LogP contribution >= 0.6 is 0 Å². The van der Waals surface area contributed by atoms with E-state index in [1.54, 1.807) is 38.1 Å².